The van der Waals surface area contributed by atoms with Crippen LogP contribution in [0, 0.1) is 0 Å². The zero-order valence-corrected chi connectivity index (χ0v) is 16.0. The normalized spacial score (nSPS) is 16.1. The summed E-state index contributed by atoms with van der Waals surface area (Å²) in [5, 5.41) is 14.7. The second kappa shape index (κ2) is 9.65. The van der Waals surface area contributed by atoms with Gasteiger partial charge in [0, 0.05) is 32.1 Å². The van der Waals surface area contributed by atoms with E-state index in [1.54, 1.807) is 7.05 Å². The van der Waals surface area contributed by atoms with E-state index in [2.05, 4.69) is 21.8 Å². The Morgan fingerprint density at radius 1 is 1.50 bits per heavy atom. The maximum absolute atomic E-state index is 12.3. The number of carbonyl (C=O) groups excluding carboxylic acids is 1. The van der Waals surface area contributed by atoms with Crippen molar-refractivity contribution in [3.8, 4) is 0 Å². The Morgan fingerprint density at radius 2 is 2.19 bits per heavy atom. The first-order chi connectivity index (χ1) is 12.4. The maximum Gasteiger partial charge on any atom is 0.326 e. The summed E-state index contributed by atoms with van der Waals surface area (Å²) in [5.41, 5.74) is 1.63. The van der Waals surface area contributed by atoms with E-state index >= 15 is 0 Å². The largest absolute Gasteiger partial charge is 0.480 e. The predicted molar refractivity (Wildman–Crippen MR) is 100 cm³/mol. The minimum absolute atomic E-state index is 0.311. The van der Waals surface area contributed by atoms with Gasteiger partial charge in [-0.1, -0.05) is 6.58 Å². The van der Waals surface area contributed by atoms with E-state index in [9.17, 15) is 14.7 Å². The fourth-order valence-electron chi connectivity index (χ4n) is 2.54. The van der Waals surface area contributed by atoms with Crippen molar-refractivity contribution in [2.24, 2.45) is 0 Å². The molecule has 0 radical (unpaired) electrons. The van der Waals surface area contributed by atoms with Crippen molar-refractivity contribution in [3.63, 3.8) is 0 Å². The molecule has 0 aliphatic carbocycles. The second-order valence-electron chi connectivity index (χ2n) is 6.36. The molecule has 26 heavy (non-hydrogen) atoms. The lowest BCUT2D eigenvalue weighted by atomic mass is 10.2. The number of aliphatic carboxylic acids is 1. The Labute approximate surface area is 157 Å². The summed E-state index contributed by atoms with van der Waals surface area (Å²) in [6, 6.07) is -1.35. The molecule has 8 nitrogen and oxygen atoms in total. The molecule has 1 aromatic heterocycles. The molecule has 0 bridgehead atoms. The van der Waals surface area contributed by atoms with Gasteiger partial charge in [0.15, 0.2) is 0 Å². The maximum atomic E-state index is 12.3. The zero-order chi connectivity index (χ0) is 19.1. The number of hydrogen-bond acceptors (Lipinski definition) is 6. The van der Waals surface area contributed by atoms with Crippen LogP contribution in [-0.4, -0.2) is 77.8 Å². The molecule has 0 saturated carbocycles. The van der Waals surface area contributed by atoms with Crippen LogP contribution in [0.15, 0.2) is 12.0 Å². The minimum Gasteiger partial charge on any atom is -0.480 e. The highest BCUT2D eigenvalue weighted by atomic mass is 32.1. The highest BCUT2D eigenvalue weighted by Crippen LogP contribution is 2.18. The number of amides is 2. The minimum atomic E-state index is -1.03. The number of allylic oxidation sites excluding steroid dienone is 1. The molecule has 0 aromatic carbocycles. The zero-order valence-electron chi connectivity index (χ0n) is 15.2. The SMILES string of the molecule is C=C(C)c1nc(CN(C)C(=O)N[C@@H](CCN2CCOCC2)C(=O)O)cs1. The first-order valence-electron chi connectivity index (χ1n) is 8.51. The third-order valence-electron chi connectivity index (χ3n) is 4.10. The van der Waals surface area contributed by atoms with Gasteiger partial charge in [0.1, 0.15) is 11.0 Å². The quantitative estimate of drug-likeness (QED) is 0.707. The molecule has 2 rings (SSSR count). The van der Waals surface area contributed by atoms with E-state index in [0.29, 0.717) is 32.7 Å². The summed E-state index contributed by atoms with van der Waals surface area (Å²) in [4.78, 5) is 31.8. The number of carbonyl (C=O) groups is 2. The average Bonchev–Trinajstić information content (AvgIpc) is 3.07. The van der Waals surface area contributed by atoms with Crippen molar-refractivity contribution in [3.05, 3.63) is 22.7 Å². The number of morpholine rings is 1. The lowest BCUT2D eigenvalue weighted by Gasteiger charge is -2.28. The molecule has 1 atom stereocenters. The van der Waals surface area contributed by atoms with E-state index < -0.39 is 18.0 Å². The van der Waals surface area contributed by atoms with Gasteiger partial charge in [0.2, 0.25) is 0 Å². The monoisotopic (exact) mass is 382 g/mol. The Hall–Kier alpha value is -1.97. The number of nitrogens with zero attached hydrogens (tertiary/aromatic N) is 3. The predicted octanol–water partition coefficient (Wildman–Crippen LogP) is 1.49. The van der Waals surface area contributed by atoms with Gasteiger partial charge in [-0.25, -0.2) is 14.6 Å². The van der Waals surface area contributed by atoms with E-state index in [4.69, 9.17) is 4.74 Å². The molecule has 144 valence electrons. The van der Waals surface area contributed by atoms with Crippen LogP contribution in [0.3, 0.4) is 0 Å². The number of thiazole rings is 1. The van der Waals surface area contributed by atoms with Gasteiger partial charge in [-0.3, -0.25) is 4.90 Å². The van der Waals surface area contributed by atoms with Crippen LogP contribution in [0.25, 0.3) is 5.57 Å². The second-order valence-corrected chi connectivity index (χ2v) is 7.22. The van der Waals surface area contributed by atoms with Crippen LogP contribution < -0.4 is 5.32 Å². The molecular formula is C17H26N4O4S. The number of rotatable bonds is 8. The van der Waals surface area contributed by atoms with Crippen LogP contribution >= 0.6 is 11.3 Å². The topological polar surface area (TPSA) is 95.0 Å². The Bertz CT molecular complexity index is 642. The summed E-state index contributed by atoms with van der Waals surface area (Å²) in [6.45, 7) is 9.54. The number of aromatic nitrogens is 1. The number of nitrogens with one attached hydrogen (secondary N) is 1. The Kier molecular flexibility index (Phi) is 7.55. The van der Waals surface area contributed by atoms with Crippen molar-refractivity contribution in [1.82, 2.24) is 20.1 Å². The molecule has 9 heteroatoms. The molecule has 1 aliphatic rings. The molecule has 1 fully saturated rings. The van der Waals surface area contributed by atoms with Crippen LogP contribution in [-0.2, 0) is 16.1 Å². The van der Waals surface area contributed by atoms with Crippen LogP contribution in [0.2, 0.25) is 0 Å². The lowest BCUT2D eigenvalue weighted by molar-refractivity contribution is -0.139. The first-order valence-corrected chi connectivity index (χ1v) is 9.39. The summed E-state index contributed by atoms with van der Waals surface area (Å²) < 4.78 is 5.28. The molecule has 0 unspecified atom stereocenters. The van der Waals surface area contributed by atoms with E-state index in [1.165, 1.54) is 16.2 Å². The highest BCUT2D eigenvalue weighted by molar-refractivity contribution is 7.10. The fourth-order valence-corrected chi connectivity index (χ4v) is 3.29. The van der Waals surface area contributed by atoms with Crippen LogP contribution in [0.4, 0.5) is 4.79 Å². The van der Waals surface area contributed by atoms with Crippen LogP contribution in [0.1, 0.15) is 24.0 Å². The molecule has 1 aliphatic heterocycles. The Balaban J connectivity index is 1.84. The van der Waals surface area contributed by atoms with Crippen molar-refractivity contribution in [2.75, 3.05) is 39.9 Å². The molecule has 1 aromatic rings. The van der Waals surface area contributed by atoms with E-state index in [-0.39, 0.29) is 0 Å². The summed E-state index contributed by atoms with van der Waals surface area (Å²) in [7, 11) is 1.62. The number of urea groups is 1. The molecule has 0 spiro atoms. The van der Waals surface area contributed by atoms with Crippen molar-refractivity contribution >= 4 is 28.9 Å². The molecule has 2 N–H and O–H groups in total. The highest BCUT2D eigenvalue weighted by Gasteiger charge is 2.23. The summed E-state index contributed by atoms with van der Waals surface area (Å²) in [6.07, 6.45) is 0.353. The van der Waals surface area contributed by atoms with Gasteiger partial charge < -0.3 is 20.1 Å². The summed E-state index contributed by atoms with van der Waals surface area (Å²) >= 11 is 1.48. The van der Waals surface area contributed by atoms with Gasteiger partial charge in [-0.05, 0) is 18.9 Å². The van der Waals surface area contributed by atoms with Gasteiger partial charge in [0.05, 0.1) is 25.5 Å². The van der Waals surface area contributed by atoms with Gasteiger partial charge in [-0.15, -0.1) is 11.3 Å². The van der Waals surface area contributed by atoms with Crippen molar-refractivity contribution in [1.29, 1.82) is 0 Å². The standard InChI is InChI=1S/C17H26N4O4S/c1-12(2)15-18-13(11-26-15)10-20(3)17(24)19-14(16(22)23)4-5-21-6-8-25-9-7-21/h11,14H,1,4-10H2,2-3H3,(H,19,24)(H,22,23)/t14-/m0/s1. The molecule has 2 amide bonds. The molecular weight excluding hydrogens is 356 g/mol. The third kappa shape index (κ3) is 6.08. The van der Waals surface area contributed by atoms with Gasteiger partial charge >= 0.3 is 12.0 Å². The number of hydrogen-bond donors (Lipinski definition) is 2. The number of ether oxygens (including phenoxy) is 1. The van der Waals surface area contributed by atoms with E-state index in [1.807, 2.05) is 12.3 Å². The Morgan fingerprint density at radius 3 is 2.77 bits per heavy atom. The lowest BCUT2D eigenvalue weighted by Crippen LogP contribution is -2.48. The number of carboxylic acid groups (broad SMARTS) is 1. The third-order valence-corrected chi connectivity index (χ3v) is 5.15. The first kappa shape index (κ1) is 20.3. The van der Waals surface area contributed by atoms with Crippen LogP contribution in [0.5, 0.6) is 0 Å². The van der Waals surface area contributed by atoms with E-state index in [0.717, 1.165) is 29.4 Å². The van der Waals surface area contributed by atoms with Crippen molar-refractivity contribution < 1.29 is 19.4 Å². The summed E-state index contributed by atoms with van der Waals surface area (Å²) in [5.74, 6) is -1.03. The fraction of sp³-hybridized carbons (Fsp3) is 0.588. The number of carboxylic acids is 1. The average molecular weight is 382 g/mol. The molecule has 1 saturated heterocycles. The smallest absolute Gasteiger partial charge is 0.326 e. The van der Waals surface area contributed by atoms with Gasteiger partial charge in [-0.2, -0.15) is 0 Å². The van der Waals surface area contributed by atoms with Crippen molar-refractivity contribution in [2.45, 2.75) is 25.9 Å². The molecule has 2 heterocycles. The van der Waals surface area contributed by atoms with Gasteiger partial charge in [0.25, 0.3) is 0 Å².